The molecule has 0 spiro atoms. The third kappa shape index (κ3) is 3.65. The molecule has 0 aliphatic rings. The molecule has 0 unspecified atom stereocenters. The Labute approximate surface area is 238 Å². The van der Waals surface area contributed by atoms with Gasteiger partial charge in [-0.3, -0.25) is 4.57 Å². The van der Waals surface area contributed by atoms with Gasteiger partial charge in [-0.15, -0.1) is 0 Å². The molecule has 0 fully saturated rings. The van der Waals surface area contributed by atoms with Crippen LogP contribution in [0.1, 0.15) is 5.56 Å². The molecule has 0 saturated carbocycles. The van der Waals surface area contributed by atoms with Gasteiger partial charge in [0.1, 0.15) is 17.0 Å². The van der Waals surface area contributed by atoms with Crippen molar-refractivity contribution < 1.29 is 17.6 Å². The van der Waals surface area contributed by atoms with Gasteiger partial charge in [0.15, 0.2) is 0 Å². The summed E-state index contributed by atoms with van der Waals surface area (Å²) in [5, 5.41) is 2.11. The molecule has 202 valence electrons. The molecule has 8 aromatic rings. The molecule has 8 rings (SSSR count). The van der Waals surface area contributed by atoms with E-state index in [2.05, 4.69) is 0 Å². The number of furan rings is 1. The second-order valence-electron chi connectivity index (χ2n) is 10.3. The maximum absolute atomic E-state index is 14.5. The van der Waals surface area contributed by atoms with Gasteiger partial charge in [-0.25, -0.2) is 4.98 Å². The number of aromatic nitrogens is 2. The fourth-order valence-corrected chi connectivity index (χ4v) is 6.00. The minimum atomic E-state index is -4.57. The van der Waals surface area contributed by atoms with Crippen LogP contribution in [0.2, 0.25) is 0 Å². The van der Waals surface area contributed by atoms with Gasteiger partial charge in [-0.1, -0.05) is 91.0 Å². The summed E-state index contributed by atoms with van der Waals surface area (Å²) in [4.78, 5) is 4.99. The molecule has 2 heterocycles. The van der Waals surface area contributed by atoms with Crippen LogP contribution in [0.3, 0.4) is 0 Å². The lowest BCUT2D eigenvalue weighted by Crippen LogP contribution is -2.06. The molecule has 3 nitrogen and oxygen atoms in total. The number of benzene rings is 6. The predicted octanol–water partition coefficient (Wildman–Crippen LogP) is 10.4. The van der Waals surface area contributed by atoms with Gasteiger partial charge in [0.25, 0.3) is 0 Å². The topological polar surface area (TPSA) is 31.0 Å². The minimum Gasteiger partial charge on any atom is -0.455 e. The fourth-order valence-electron chi connectivity index (χ4n) is 6.00. The number of hydrogen-bond acceptors (Lipinski definition) is 2. The van der Waals surface area contributed by atoms with Crippen molar-refractivity contribution in [1.29, 1.82) is 0 Å². The average Bonchev–Trinajstić information content (AvgIpc) is 3.60. The first-order valence-electron chi connectivity index (χ1n) is 13.6. The molecule has 0 radical (unpaired) electrons. The predicted molar refractivity (Wildman–Crippen MR) is 162 cm³/mol. The van der Waals surface area contributed by atoms with Gasteiger partial charge in [0.2, 0.25) is 0 Å². The van der Waals surface area contributed by atoms with Crippen LogP contribution < -0.4 is 0 Å². The van der Waals surface area contributed by atoms with Crippen LogP contribution in [0, 0.1) is 0 Å². The van der Waals surface area contributed by atoms with E-state index >= 15 is 0 Å². The number of hydrogen-bond donors (Lipinski definition) is 0. The fraction of sp³-hybridized carbons (Fsp3) is 0.0278. The van der Waals surface area contributed by atoms with Crippen molar-refractivity contribution >= 4 is 43.7 Å². The van der Waals surface area contributed by atoms with Crippen LogP contribution in [-0.2, 0) is 6.18 Å². The van der Waals surface area contributed by atoms with Gasteiger partial charge in [0.05, 0.1) is 27.8 Å². The lowest BCUT2D eigenvalue weighted by molar-refractivity contribution is -0.136. The lowest BCUT2D eigenvalue weighted by Gasteiger charge is -2.16. The quantitative estimate of drug-likeness (QED) is 0.218. The van der Waals surface area contributed by atoms with E-state index in [0.717, 1.165) is 44.7 Å². The SMILES string of the molecule is FC(F)(F)c1ccc(-c2nc3ccccc3n2-c2ccccc2-c2ccccc2)c2oc3c4ccccc4ccc3c12. The van der Waals surface area contributed by atoms with E-state index in [-0.39, 0.29) is 11.0 Å². The second-order valence-corrected chi connectivity index (χ2v) is 10.3. The van der Waals surface area contributed by atoms with E-state index in [9.17, 15) is 13.2 Å². The maximum atomic E-state index is 14.5. The molecule has 42 heavy (non-hydrogen) atoms. The van der Waals surface area contributed by atoms with Gasteiger partial charge in [-0.2, -0.15) is 13.2 Å². The first kappa shape index (κ1) is 24.4. The molecule has 6 heteroatoms. The van der Waals surface area contributed by atoms with Crippen LogP contribution in [0.15, 0.2) is 132 Å². The highest BCUT2D eigenvalue weighted by Gasteiger charge is 2.36. The summed E-state index contributed by atoms with van der Waals surface area (Å²) < 4.78 is 51.8. The normalized spacial score (nSPS) is 12.2. The minimum absolute atomic E-state index is 0.0377. The maximum Gasteiger partial charge on any atom is 0.417 e. The van der Waals surface area contributed by atoms with Crippen LogP contribution >= 0.6 is 0 Å². The van der Waals surface area contributed by atoms with Gasteiger partial charge < -0.3 is 4.42 Å². The Morgan fingerprint density at radius 2 is 1.33 bits per heavy atom. The smallest absolute Gasteiger partial charge is 0.417 e. The van der Waals surface area contributed by atoms with Crippen LogP contribution in [0.4, 0.5) is 13.2 Å². The molecule has 0 aliphatic carbocycles. The molecule has 2 aromatic heterocycles. The molecular weight excluding hydrogens is 533 g/mol. The summed E-state index contributed by atoms with van der Waals surface area (Å²) in [6.45, 7) is 0. The van der Waals surface area contributed by atoms with E-state index < -0.39 is 11.7 Å². The first-order valence-corrected chi connectivity index (χ1v) is 13.6. The second kappa shape index (κ2) is 9.08. The van der Waals surface area contributed by atoms with Crippen molar-refractivity contribution in [3.05, 3.63) is 133 Å². The number of nitrogens with zero attached hydrogens (tertiary/aromatic N) is 2. The molecule has 0 bridgehead atoms. The zero-order valence-corrected chi connectivity index (χ0v) is 22.1. The molecular formula is C36H21F3N2O. The van der Waals surface area contributed by atoms with Crippen molar-refractivity contribution in [1.82, 2.24) is 9.55 Å². The van der Waals surface area contributed by atoms with E-state index in [1.807, 2.05) is 114 Å². The monoisotopic (exact) mass is 554 g/mol. The molecule has 6 aromatic carbocycles. The van der Waals surface area contributed by atoms with Gasteiger partial charge in [-0.05, 0) is 47.3 Å². The molecule has 0 atom stereocenters. The summed E-state index contributed by atoms with van der Waals surface area (Å²) in [6, 6.07) is 39.5. The number of imidazole rings is 1. The van der Waals surface area contributed by atoms with Crippen LogP contribution in [0.25, 0.3) is 71.9 Å². The highest BCUT2D eigenvalue weighted by atomic mass is 19.4. The summed E-state index contributed by atoms with van der Waals surface area (Å²) in [5.74, 6) is 0.502. The van der Waals surface area contributed by atoms with Crippen molar-refractivity contribution in [3.63, 3.8) is 0 Å². The highest BCUT2D eigenvalue weighted by Crippen LogP contribution is 2.46. The van der Waals surface area contributed by atoms with Gasteiger partial charge in [0, 0.05) is 21.7 Å². The number of halogens is 3. The average molecular weight is 555 g/mol. The molecule has 0 amide bonds. The van der Waals surface area contributed by atoms with E-state index in [1.165, 1.54) is 6.07 Å². The number of para-hydroxylation sites is 3. The zero-order valence-electron chi connectivity index (χ0n) is 22.1. The van der Waals surface area contributed by atoms with Gasteiger partial charge >= 0.3 is 6.18 Å². The lowest BCUT2D eigenvalue weighted by atomic mass is 10.00. The van der Waals surface area contributed by atoms with E-state index in [1.54, 1.807) is 6.07 Å². The number of rotatable bonds is 3. The number of alkyl halides is 3. The van der Waals surface area contributed by atoms with E-state index in [0.29, 0.717) is 22.4 Å². The first-order chi connectivity index (χ1) is 20.5. The summed E-state index contributed by atoms with van der Waals surface area (Å²) in [7, 11) is 0. The van der Waals surface area contributed by atoms with Crippen molar-refractivity contribution in [3.8, 4) is 28.2 Å². The Bertz CT molecular complexity index is 2300. The van der Waals surface area contributed by atoms with Crippen molar-refractivity contribution in [2.75, 3.05) is 0 Å². The highest BCUT2D eigenvalue weighted by molar-refractivity contribution is 6.18. The third-order valence-electron chi connectivity index (χ3n) is 7.85. The van der Waals surface area contributed by atoms with Crippen molar-refractivity contribution in [2.24, 2.45) is 0 Å². The Morgan fingerprint density at radius 1 is 0.595 bits per heavy atom. The molecule has 0 N–H and O–H groups in total. The summed E-state index contributed by atoms with van der Waals surface area (Å²) in [6.07, 6.45) is -4.57. The Balaban J connectivity index is 1.51. The Hall–Kier alpha value is -5.36. The van der Waals surface area contributed by atoms with Crippen molar-refractivity contribution in [2.45, 2.75) is 6.18 Å². The largest absolute Gasteiger partial charge is 0.455 e. The van der Waals surface area contributed by atoms with E-state index in [4.69, 9.17) is 9.40 Å². The molecule has 0 saturated heterocycles. The summed E-state index contributed by atoms with van der Waals surface area (Å²) >= 11 is 0. The standard InChI is InChI=1S/C36H21F3N2O/c37-36(38,39)28-21-20-27(34-32(28)26-19-18-23-12-4-5-14-25(23)33(26)42-34)35-40-29-15-7-9-17-31(29)41(35)30-16-8-6-13-24(30)22-10-2-1-3-11-22/h1-21H. The third-order valence-corrected chi connectivity index (χ3v) is 7.85. The number of fused-ring (bicyclic) bond motifs is 6. The zero-order chi connectivity index (χ0) is 28.4. The summed E-state index contributed by atoms with van der Waals surface area (Å²) in [5.41, 5.74) is 4.75. The molecule has 0 aliphatic heterocycles. The Kier molecular flexibility index (Phi) is 5.28. The Morgan fingerprint density at radius 3 is 2.19 bits per heavy atom. The van der Waals surface area contributed by atoms with Crippen LogP contribution in [-0.4, -0.2) is 9.55 Å². The van der Waals surface area contributed by atoms with Crippen LogP contribution in [0.5, 0.6) is 0 Å².